The van der Waals surface area contributed by atoms with E-state index in [4.69, 9.17) is 20.4 Å². The lowest BCUT2D eigenvalue weighted by molar-refractivity contribution is -0.113. The summed E-state index contributed by atoms with van der Waals surface area (Å²) in [6.07, 6.45) is -4.25. The molecule has 2 heterocycles. The smallest absolute Gasteiger partial charge is 0.332 e. The summed E-state index contributed by atoms with van der Waals surface area (Å²) in [7, 11) is 4.58. The Morgan fingerprint density at radius 3 is 2.23 bits per heavy atom. The number of aromatic amines is 1. The van der Waals surface area contributed by atoms with Crippen molar-refractivity contribution in [2.75, 3.05) is 20.2 Å². The molecule has 0 aliphatic rings. The van der Waals surface area contributed by atoms with Crippen LogP contribution in [-0.4, -0.2) is 89.2 Å². The minimum atomic E-state index is -1.55. The van der Waals surface area contributed by atoms with Crippen molar-refractivity contribution < 1.29 is 25.5 Å². The van der Waals surface area contributed by atoms with E-state index < -0.39 is 31.0 Å². The van der Waals surface area contributed by atoms with Crippen molar-refractivity contribution in [2.24, 2.45) is 14.1 Å². The number of rotatable bonds is 6. The van der Waals surface area contributed by atoms with Crippen molar-refractivity contribution in [1.82, 2.24) is 24.4 Å². The van der Waals surface area contributed by atoms with E-state index in [1.165, 1.54) is 17.9 Å². The number of fused-ring (bicyclic) bond motifs is 1. The van der Waals surface area contributed by atoms with Gasteiger partial charge < -0.3 is 35.8 Å². The lowest BCUT2D eigenvalue weighted by Crippen LogP contribution is -2.48. The fraction of sp³-hybridized carbons (Fsp3) is 0.643. The van der Waals surface area contributed by atoms with E-state index in [2.05, 4.69) is 15.3 Å². The van der Waals surface area contributed by atoms with Crippen molar-refractivity contribution in [3.05, 3.63) is 27.2 Å². The molecule has 0 radical (unpaired) electrons. The normalized spacial score (nSPS) is 15.8. The van der Waals surface area contributed by atoms with Gasteiger partial charge in [-0.15, -0.1) is 0 Å². The van der Waals surface area contributed by atoms with Crippen molar-refractivity contribution in [3.63, 3.8) is 0 Å². The Bertz CT molecular complexity index is 814. The predicted molar refractivity (Wildman–Crippen MR) is 91.6 cm³/mol. The first-order valence-corrected chi connectivity index (χ1v) is 7.74. The van der Waals surface area contributed by atoms with Crippen LogP contribution >= 0.6 is 0 Å². The highest BCUT2D eigenvalue weighted by Crippen LogP contribution is 2.04. The van der Waals surface area contributed by atoms with Crippen LogP contribution in [0.15, 0.2) is 15.9 Å². The van der Waals surface area contributed by atoms with Gasteiger partial charge in [0, 0.05) is 20.6 Å². The Hall–Kier alpha value is -2.09. The Kier molecular flexibility index (Phi) is 8.08. The summed E-state index contributed by atoms with van der Waals surface area (Å²) >= 11 is 0. The Morgan fingerprint density at radius 2 is 1.69 bits per heavy atom. The number of imidazole rings is 1. The maximum Gasteiger partial charge on any atom is 0.332 e. The third-order valence-electron chi connectivity index (χ3n) is 3.77. The second kappa shape index (κ2) is 9.56. The van der Waals surface area contributed by atoms with Crippen molar-refractivity contribution >= 4 is 11.2 Å². The molecule has 12 nitrogen and oxygen atoms in total. The molecule has 0 aromatic carbocycles. The van der Waals surface area contributed by atoms with Gasteiger partial charge in [0.05, 0.1) is 19.0 Å². The largest absolute Gasteiger partial charge is 0.394 e. The average molecular weight is 375 g/mol. The van der Waals surface area contributed by atoms with E-state index in [0.29, 0.717) is 11.2 Å². The molecule has 0 fully saturated rings. The van der Waals surface area contributed by atoms with Crippen molar-refractivity contribution in [3.8, 4) is 0 Å². The highest BCUT2D eigenvalue weighted by atomic mass is 16.4. The third kappa shape index (κ3) is 4.75. The van der Waals surface area contributed by atoms with Gasteiger partial charge in [-0.3, -0.25) is 13.9 Å². The van der Waals surface area contributed by atoms with Gasteiger partial charge >= 0.3 is 5.69 Å². The molecule has 148 valence electrons. The minimum absolute atomic E-state index is 0.0936. The second-order valence-electron chi connectivity index (χ2n) is 5.66. The standard InChI is InChI=1S/C7H8N4O2.C7H17NO5/c1-10-5-4(8-3-9-5)6(12)11(2)7(10)13;1-8-2-4(10)6(12)7(13)5(11)3-9/h3H,1-2H3,(H,8,9);4-13H,2-3H2,1H3. The molecule has 0 saturated carbocycles. The molecule has 4 unspecified atom stereocenters. The van der Waals surface area contributed by atoms with Crippen LogP contribution < -0.4 is 16.6 Å². The predicted octanol–water partition coefficient (Wildman–Crippen LogP) is -4.40. The zero-order chi connectivity index (χ0) is 20.0. The lowest BCUT2D eigenvalue weighted by Gasteiger charge is -2.25. The highest BCUT2D eigenvalue weighted by molar-refractivity contribution is 5.68. The molecule has 4 atom stereocenters. The van der Waals surface area contributed by atoms with Gasteiger partial charge in [0.1, 0.15) is 23.8 Å². The molecule has 7 N–H and O–H groups in total. The minimum Gasteiger partial charge on any atom is -0.394 e. The zero-order valence-corrected chi connectivity index (χ0v) is 14.7. The number of hydrogen-bond acceptors (Lipinski definition) is 9. The highest BCUT2D eigenvalue weighted by Gasteiger charge is 2.29. The van der Waals surface area contributed by atoms with Crippen LogP contribution in [0.25, 0.3) is 11.2 Å². The van der Waals surface area contributed by atoms with E-state index >= 15 is 0 Å². The van der Waals surface area contributed by atoms with Gasteiger partial charge in [-0.05, 0) is 7.05 Å². The van der Waals surface area contributed by atoms with Crippen LogP contribution in [0.4, 0.5) is 0 Å². The summed E-state index contributed by atoms with van der Waals surface area (Å²) in [6.45, 7) is -0.569. The maximum atomic E-state index is 11.4. The van der Waals surface area contributed by atoms with Gasteiger partial charge in [-0.25, -0.2) is 9.78 Å². The first kappa shape index (κ1) is 22.0. The molecule has 12 heteroatoms. The van der Waals surface area contributed by atoms with E-state index in [9.17, 15) is 14.7 Å². The SMILES string of the molecule is CNCC(O)C(O)C(O)C(O)CO.Cn1c(=O)c2[nH]cnc2n(C)c1=O. The number of aliphatic hydroxyl groups excluding tert-OH is 5. The molecule has 0 aliphatic heterocycles. The molecular weight excluding hydrogens is 350 g/mol. The van der Waals surface area contributed by atoms with Gasteiger partial charge in [0.25, 0.3) is 5.56 Å². The molecule has 0 spiro atoms. The van der Waals surface area contributed by atoms with Crippen LogP contribution in [-0.2, 0) is 14.1 Å². The monoisotopic (exact) mass is 375 g/mol. The molecule has 0 bridgehead atoms. The average Bonchev–Trinajstić information content (AvgIpc) is 3.13. The summed E-state index contributed by atoms with van der Waals surface area (Å²) < 4.78 is 2.37. The van der Waals surface area contributed by atoms with Crippen molar-refractivity contribution in [2.45, 2.75) is 24.4 Å². The zero-order valence-electron chi connectivity index (χ0n) is 14.7. The molecule has 26 heavy (non-hydrogen) atoms. The third-order valence-corrected chi connectivity index (χ3v) is 3.77. The fourth-order valence-corrected chi connectivity index (χ4v) is 2.16. The van der Waals surface area contributed by atoms with E-state index in [1.807, 2.05) is 0 Å². The van der Waals surface area contributed by atoms with E-state index in [-0.39, 0.29) is 17.8 Å². The second-order valence-corrected chi connectivity index (χ2v) is 5.66. The number of hydrogen-bond donors (Lipinski definition) is 7. The number of nitrogens with zero attached hydrogens (tertiary/aromatic N) is 3. The van der Waals surface area contributed by atoms with Gasteiger partial charge in [0.2, 0.25) is 0 Å². The van der Waals surface area contributed by atoms with Crippen LogP contribution in [0.3, 0.4) is 0 Å². The molecule has 0 saturated heterocycles. The van der Waals surface area contributed by atoms with Gasteiger partial charge in [-0.2, -0.15) is 0 Å². The first-order valence-electron chi connectivity index (χ1n) is 7.74. The summed E-state index contributed by atoms with van der Waals surface area (Å²) in [5.41, 5.74) is 0.0119. The summed E-state index contributed by atoms with van der Waals surface area (Å²) in [5, 5.41) is 47.5. The molecule has 0 amide bonds. The Morgan fingerprint density at radius 1 is 1.12 bits per heavy atom. The number of nitrogens with one attached hydrogen (secondary N) is 2. The quantitative estimate of drug-likeness (QED) is 0.262. The van der Waals surface area contributed by atoms with E-state index in [1.54, 1.807) is 14.1 Å². The summed E-state index contributed by atoms with van der Waals surface area (Å²) in [5.74, 6) is 0. The molecular formula is C14H25N5O7. The van der Waals surface area contributed by atoms with Crippen LogP contribution in [0.2, 0.25) is 0 Å². The number of H-pyrrole nitrogens is 1. The van der Waals surface area contributed by atoms with Crippen LogP contribution in [0.1, 0.15) is 0 Å². The lowest BCUT2D eigenvalue weighted by atomic mass is 10.0. The maximum absolute atomic E-state index is 11.4. The summed E-state index contributed by atoms with van der Waals surface area (Å²) in [6, 6.07) is 0. The fourth-order valence-electron chi connectivity index (χ4n) is 2.16. The topological polar surface area (TPSA) is 186 Å². The first-order chi connectivity index (χ1) is 12.2. The number of aryl methyl sites for hydroxylation is 1. The van der Waals surface area contributed by atoms with E-state index in [0.717, 1.165) is 4.57 Å². The molecule has 2 rings (SSSR count). The molecule has 2 aromatic rings. The van der Waals surface area contributed by atoms with Crippen LogP contribution in [0.5, 0.6) is 0 Å². The Balaban J connectivity index is 0.000000260. The number of aliphatic hydroxyl groups is 5. The Labute approximate surface area is 148 Å². The van der Waals surface area contributed by atoms with Crippen LogP contribution in [0, 0.1) is 0 Å². The molecule has 0 aliphatic carbocycles. The van der Waals surface area contributed by atoms with Gasteiger partial charge in [0.15, 0.2) is 5.65 Å². The number of aromatic nitrogens is 4. The molecule has 2 aromatic heterocycles. The summed E-state index contributed by atoms with van der Waals surface area (Å²) in [4.78, 5) is 29.4. The number of likely N-dealkylation sites (N-methyl/N-ethyl adjacent to an activating group) is 1. The van der Waals surface area contributed by atoms with Crippen molar-refractivity contribution in [1.29, 1.82) is 0 Å². The van der Waals surface area contributed by atoms with Gasteiger partial charge in [-0.1, -0.05) is 0 Å².